The molecule has 0 aromatic heterocycles. The molecule has 1 unspecified atom stereocenters. The second kappa shape index (κ2) is 11.9. The number of benzene rings is 3. The van der Waals surface area contributed by atoms with Crippen molar-refractivity contribution in [3.8, 4) is 0 Å². The Hall–Kier alpha value is -0.477. The molecule has 1 atom stereocenters. The zero-order valence-corrected chi connectivity index (χ0v) is 22.8. The molecular formula is C24H15BrCl2S2Zr-2. The predicted molar refractivity (Wildman–Crippen MR) is 125 cm³/mol. The summed E-state index contributed by atoms with van der Waals surface area (Å²) in [5.74, 6) is 0. The van der Waals surface area contributed by atoms with Crippen molar-refractivity contribution >= 4 is 69.1 Å². The summed E-state index contributed by atoms with van der Waals surface area (Å²) in [6.07, 6.45) is 5.57. The van der Waals surface area contributed by atoms with Crippen molar-refractivity contribution in [1.29, 1.82) is 0 Å². The van der Waals surface area contributed by atoms with Gasteiger partial charge in [0.1, 0.15) is 0 Å². The van der Waals surface area contributed by atoms with Gasteiger partial charge in [-0.15, -0.1) is 39.7 Å². The fourth-order valence-corrected chi connectivity index (χ4v) is 5.35. The molecule has 0 saturated heterocycles. The van der Waals surface area contributed by atoms with E-state index in [4.69, 9.17) is 0 Å². The molecule has 0 radical (unpaired) electrons. The van der Waals surface area contributed by atoms with Gasteiger partial charge in [0.15, 0.2) is 0 Å². The maximum atomic E-state index is 4.17. The SMILES string of the molecule is BrC1[C-]=C2C=c3ccccc3=C2S1.[Cl-].[Cl-].[S]=[Zr+2].c1ccc2c(c1)[cH-]c1ccccc12. The maximum absolute atomic E-state index is 4.17. The van der Waals surface area contributed by atoms with Crippen LogP contribution in [0.1, 0.15) is 0 Å². The Bertz CT molecular complexity index is 1260. The van der Waals surface area contributed by atoms with E-state index in [1.807, 2.05) is 11.8 Å². The minimum absolute atomic E-state index is 0. The van der Waals surface area contributed by atoms with Crippen LogP contribution in [0.5, 0.6) is 0 Å². The summed E-state index contributed by atoms with van der Waals surface area (Å²) in [7, 11) is 4.17. The topological polar surface area (TPSA) is 0 Å². The summed E-state index contributed by atoms with van der Waals surface area (Å²) in [6, 6.07) is 27.8. The first-order chi connectivity index (χ1) is 13.8. The molecule has 150 valence electrons. The number of fused-ring (bicyclic) bond motifs is 5. The predicted octanol–water partition coefficient (Wildman–Crippen LogP) is 0.152. The Balaban J connectivity index is 0.000000186. The summed E-state index contributed by atoms with van der Waals surface area (Å²) in [5, 5.41) is 8.08. The van der Waals surface area contributed by atoms with Crippen molar-refractivity contribution in [2.24, 2.45) is 0 Å². The minimum atomic E-state index is 0. The number of rotatable bonds is 0. The van der Waals surface area contributed by atoms with Crippen molar-refractivity contribution in [3.05, 3.63) is 101 Å². The van der Waals surface area contributed by atoms with E-state index >= 15 is 0 Å². The normalized spacial score (nSPS) is 15.2. The number of thioether (sulfide) groups is 1. The van der Waals surface area contributed by atoms with Gasteiger partial charge in [-0.05, 0) is 0 Å². The van der Waals surface area contributed by atoms with E-state index in [9.17, 15) is 0 Å². The summed E-state index contributed by atoms with van der Waals surface area (Å²) in [4.78, 5) is 1.37. The van der Waals surface area contributed by atoms with Crippen LogP contribution in [0.3, 0.4) is 0 Å². The molecule has 1 heterocycles. The van der Waals surface area contributed by atoms with E-state index in [-0.39, 0.29) is 24.8 Å². The molecule has 4 aromatic rings. The molecular weight excluding hydrogens is 594 g/mol. The Morgan fingerprint density at radius 3 is 2.00 bits per heavy atom. The Kier molecular flexibility index (Phi) is 10.3. The van der Waals surface area contributed by atoms with Gasteiger partial charge in [-0.3, -0.25) is 0 Å². The number of hydrogen-bond donors (Lipinski definition) is 0. The third kappa shape index (κ3) is 5.29. The van der Waals surface area contributed by atoms with Gasteiger partial charge in [0.05, 0.1) is 0 Å². The average molecular weight is 610 g/mol. The van der Waals surface area contributed by atoms with Crippen LogP contribution in [-0.4, -0.2) is 4.16 Å². The van der Waals surface area contributed by atoms with Crippen LogP contribution in [0.4, 0.5) is 0 Å². The molecule has 0 fully saturated rings. The van der Waals surface area contributed by atoms with E-state index < -0.39 is 0 Å². The van der Waals surface area contributed by atoms with Crippen LogP contribution in [0.2, 0.25) is 0 Å². The Morgan fingerprint density at radius 2 is 1.37 bits per heavy atom. The molecule has 6 rings (SSSR count). The Labute approximate surface area is 219 Å². The van der Waals surface area contributed by atoms with Gasteiger partial charge in [-0.25, -0.2) is 0 Å². The molecule has 0 saturated carbocycles. The van der Waals surface area contributed by atoms with Crippen molar-refractivity contribution < 1.29 is 47.5 Å². The molecule has 0 spiro atoms. The van der Waals surface area contributed by atoms with Gasteiger partial charge in [-0.2, -0.15) is 29.5 Å². The summed E-state index contributed by atoms with van der Waals surface area (Å²) >= 11 is 6.50. The maximum Gasteiger partial charge on any atom is -0.0771 e. The summed E-state index contributed by atoms with van der Waals surface area (Å²) in [6.45, 7) is 0. The van der Waals surface area contributed by atoms with Crippen LogP contribution >= 0.6 is 36.5 Å². The molecule has 0 amide bonds. The van der Waals surface area contributed by atoms with Gasteiger partial charge in [-0.1, -0.05) is 91.9 Å². The second-order valence-corrected chi connectivity index (χ2v) is 9.01. The first-order valence-electron chi connectivity index (χ1n) is 8.79. The Morgan fingerprint density at radius 1 is 0.833 bits per heavy atom. The van der Waals surface area contributed by atoms with Crippen LogP contribution < -0.4 is 35.3 Å². The van der Waals surface area contributed by atoms with Crippen LogP contribution in [0.15, 0.2) is 84.4 Å². The van der Waals surface area contributed by atoms with E-state index in [0.29, 0.717) is 4.16 Å². The third-order valence-electron chi connectivity index (χ3n) is 4.76. The molecule has 30 heavy (non-hydrogen) atoms. The average Bonchev–Trinajstić information content (AvgIpc) is 3.40. The van der Waals surface area contributed by atoms with E-state index in [2.05, 4.69) is 116 Å². The quantitative estimate of drug-likeness (QED) is 0.206. The molecule has 4 aromatic carbocycles. The number of hydrogen-bond acceptors (Lipinski definition) is 2. The summed E-state index contributed by atoms with van der Waals surface area (Å²) < 4.78 is 0.335. The first kappa shape index (κ1) is 25.8. The van der Waals surface area contributed by atoms with Crippen molar-refractivity contribution in [2.75, 3.05) is 0 Å². The fourth-order valence-electron chi connectivity index (χ4n) is 3.59. The van der Waals surface area contributed by atoms with Gasteiger partial charge in [0.2, 0.25) is 0 Å². The standard InChI is InChI=1S/C13H9.C11H6BrS.2ClH.S.Zr/c1-3-7-12-10(5-1)9-11-6-2-4-8-13(11)12;12-10-6-8-5-7-3-1-2-4-9(7)11(8)13-10;;;;/h1-9H;1-5,10H;2*1H;;/q2*-1;;;;+2/p-2. The fraction of sp³-hybridized carbons (Fsp3) is 0.0417. The third-order valence-corrected chi connectivity index (χ3v) is 6.55. The largest absolute Gasteiger partial charge is 0.126 e. The van der Waals surface area contributed by atoms with E-state index in [1.165, 1.54) is 42.5 Å². The van der Waals surface area contributed by atoms with Crippen LogP contribution in [0.25, 0.3) is 32.5 Å². The zero-order chi connectivity index (χ0) is 19.5. The second-order valence-electron chi connectivity index (χ2n) is 6.37. The van der Waals surface area contributed by atoms with Crippen molar-refractivity contribution in [3.63, 3.8) is 0 Å². The number of halogens is 3. The smallest absolute Gasteiger partial charge is 0.0771 e. The van der Waals surface area contributed by atoms with Gasteiger partial charge < -0.3 is 24.8 Å². The van der Waals surface area contributed by atoms with Crippen LogP contribution in [-0.2, 0) is 22.7 Å². The molecule has 1 aliphatic heterocycles. The number of alkyl halides is 1. The molecule has 0 bridgehead atoms. The molecule has 0 N–H and O–H groups in total. The van der Waals surface area contributed by atoms with Crippen molar-refractivity contribution in [2.45, 2.75) is 4.16 Å². The monoisotopic (exact) mass is 606 g/mol. The molecule has 2 aliphatic rings. The van der Waals surface area contributed by atoms with E-state index in [0.717, 1.165) is 22.7 Å². The van der Waals surface area contributed by atoms with Gasteiger partial charge in [0, 0.05) is 4.16 Å². The molecule has 0 nitrogen and oxygen atoms in total. The zero-order valence-electron chi connectivity index (χ0n) is 15.6. The van der Waals surface area contributed by atoms with Gasteiger partial charge >= 0.3 is 31.5 Å². The molecule has 6 heteroatoms. The summed E-state index contributed by atoms with van der Waals surface area (Å²) in [5.41, 5.74) is 1.26. The minimum Gasteiger partial charge on any atom is -0.126 e. The van der Waals surface area contributed by atoms with Crippen LogP contribution in [0, 0.1) is 6.08 Å². The van der Waals surface area contributed by atoms with Crippen molar-refractivity contribution in [1.82, 2.24) is 0 Å². The molecule has 1 aliphatic carbocycles. The van der Waals surface area contributed by atoms with Gasteiger partial charge in [0.25, 0.3) is 0 Å². The first-order valence-corrected chi connectivity index (χ1v) is 14.0. The van der Waals surface area contributed by atoms with E-state index in [1.54, 1.807) is 0 Å².